The fraction of sp³-hybridized carbons (Fsp3) is 0.0909. The Morgan fingerprint density at radius 1 is 1.16 bits per heavy atom. The van der Waals surface area contributed by atoms with Gasteiger partial charge in [-0.05, 0) is 6.07 Å². The number of hydrogen-bond acceptors (Lipinski definition) is 3. The van der Waals surface area contributed by atoms with Gasteiger partial charge in [0.1, 0.15) is 34.9 Å². The second-order valence-electron chi connectivity index (χ2n) is 3.23. The van der Waals surface area contributed by atoms with Gasteiger partial charge < -0.3 is 5.32 Å². The van der Waals surface area contributed by atoms with Crippen molar-refractivity contribution >= 4 is 5.69 Å². The Labute approximate surface area is 104 Å². The summed E-state index contributed by atoms with van der Waals surface area (Å²) in [6, 6.07) is 3.26. The fourth-order valence-corrected chi connectivity index (χ4v) is 1.22. The number of nitrogens with one attached hydrogen (secondary N) is 1. The number of hydrogen-bond donors (Lipinski definition) is 1. The minimum absolute atomic E-state index is 0.0905. The van der Waals surface area contributed by atoms with Crippen molar-refractivity contribution in [2.24, 2.45) is 0 Å². The molecule has 0 saturated heterocycles. The average Bonchev–Trinajstić information content (AvgIpc) is 2.27. The molecule has 1 N–H and O–H groups in total. The predicted molar refractivity (Wildman–Crippen MR) is 54.3 cm³/mol. The van der Waals surface area contributed by atoms with E-state index in [1.54, 1.807) is 0 Å². The van der Waals surface area contributed by atoms with Gasteiger partial charge in [-0.15, -0.1) is 0 Å². The molecule has 0 bridgehead atoms. The highest BCUT2D eigenvalue weighted by atomic mass is 19.4. The number of benzene rings is 1. The smallest absolute Gasteiger partial charge is 0.359 e. The molecule has 19 heavy (non-hydrogen) atoms. The van der Waals surface area contributed by atoms with Gasteiger partial charge in [-0.2, -0.15) is 23.7 Å². The third kappa shape index (κ3) is 3.42. The van der Waals surface area contributed by atoms with Crippen molar-refractivity contribution in [3.05, 3.63) is 41.1 Å². The van der Waals surface area contributed by atoms with Gasteiger partial charge in [-0.3, -0.25) is 0 Å². The zero-order chi connectivity index (χ0) is 14.6. The Hall–Kier alpha value is -2.61. The summed E-state index contributed by atoms with van der Waals surface area (Å²) in [5.41, 5.74) is -3.17. The van der Waals surface area contributed by atoms with Crippen LogP contribution in [0.3, 0.4) is 0 Å². The number of allylic oxidation sites excluding steroid dienone is 1. The Bertz CT molecular complexity index is 588. The van der Waals surface area contributed by atoms with Gasteiger partial charge in [0.15, 0.2) is 0 Å². The summed E-state index contributed by atoms with van der Waals surface area (Å²) in [5.74, 6) is -3.02. The van der Waals surface area contributed by atoms with Crippen molar-refractivity contribution in [1.29, 1.82) is 10.5 Å². The molecule has 0 fully saturated rings. The Balaban J connectivity index is 3.32. The molecule has 1 aromatic carbocycles. The Kier molecular flexibility index (Phi) is 4.07. The normalized spacial score (nSPS) is 10.3. The third-order valence-corrected chi connectivity index (χ3v) is 1.95. The molecule has 0 aromatic heterocycles. The zero-order valence-corrected chi connectivity index (χ0v) is 9.02. The summed E-state index contributed by atoms with van der Waals surface area (Å²) >= 11 is 0. The van der Waals surface area contributed by atoms with Crippen LogP contribution in [0.4, 0.5) is 27.6 Å². The lowest BCUT2D eigenvalue weighted by Gasteiger charge is -2.13. The second-order valence-corrected chi connectivity index (χ2v) is 3.23. The van der Waals surface area contributed by atoms with Crippen molar-refractivity contribution in [1.82, 2.24) is 0 Å². The summed E-state index contributed by atoms with van der Waals surface area (Å²) in [5, 5.41) is 18.7. The minimum Gasteiger partial charge on any atom is -0.359 e. The molecule has 8 heteroatoms. The maximum absolute atomic E-state index is 13.1. The largest absolute Gasteiger partial charge is 0.421 e. The predicted octanol–water partition coefficient (Wildman–Crippen LogP) is 3.33. The molecule has 1 rings (SSSR count). The molecule has 1 aromatic rings. The van der Waals surface area contributed by atoms with Crippen LogP contribution in [-0.2, 0) is 6.18 Å². The standard InChI is InChI=1S/C11H4F5N3/c12-7-1-8(13)10(11(14,15)16)9(2-7)19-5-6(3-17)4-18/h1-2,5,19H. The number of halogens is 5. The van der Waals surface area contributed by atoms with E-state index in [4.69, 9.17) is 10.5 Å². The SMILES string of the molecule is N#CC(C#N)=CNc1cc(F)cc(F)c1C(F)(F)F. The molecule has 0 atom stereocenters. The quantitative estimate of drug-likeness (QED) is 0.664. The minimum atomic E-state index is -5.05. The molecular weight excluding hydrogens is 269 g/mol. The van der Waals surface area contributed by atoms with Crippen LogP contribution in [0.25, 0.3) is 0 Å². The number of alkyl halides is 3. The van der Waals surface area contributed by atoms with E-state index in [2.05, 4.69) is 0 Å². The van der Waals surface area contributed by atoms with E-state index in [1.807, 2.05) is 5.32 Å². The molecule has 0 aliphatic heterocycles. The van der Waals surface area contributed by atoms with Crippen LogP contribution in [0.2, 0.25) is 0 Å². The second kappa shape index (κ2) is 5.36. The summed E-state index contributed by atoms with van der Waals surface area (Å²) in [4.78, 5) is 0. The van der Waals surface area contributed by atoms with Crippen LogP contribution in [-0.4, -0.2) is 0 Å². The third-order valence-electron chi connectivity index (χ3n) is 1.95. The maximum Gasteiger partial charge on any atom is 0.421 e. The number of rotatable bonds is 2. The molecule has 0 saturated carbocycles. The number of nitriles is 2. The van der Waals surface area contributed by atoms with Crippen LogP contribution >= 0.6 is 0 Å². The van der Waals surface area contributed by atoms with Gasteiger partial charge in [-0.1, -0.05) is 0 Å². The van der Waals surface area contributed by atoms with E-state index < -0.39 is 34.6 Å². The van der Waals surface area contributed by atoms with Crippen molar-refractivity contribution < 1.29 is 22.0 Å². The first kappa shape index (κ1) is 14.5. The maximum atomic E-state index is 13.1. The van der Waals surface area contributed by atoms with E-state index in [0.717, 1.165) is 0 Å². The van der Waals surface area contributed by atoms with E-state index in [9.17, 15) is 22.0 Å². The molecule has 98 valence electrons. The molecule has 0 spiro atoms. The van der Waals surface area contributed by atoms with E-state index >= 15 is 0 Å². The van der Waals surface area contributed by atoms with Crippen LogP contribution in [0, 0.1) is 34.3 Å². The molecule has 0 heterocycles. The van der Waals surface area contributed by atoms with Gasteiger partial charge >= 0.3 is 6.18 Å². The van der Waals surface area contributed by atoms with Crippen LogP contribution in [0.1, 0.15) is 5.56 Å². The lowest BCUT2D eigenvalue weighted by atomic mass is 10.1. The van der Waals surface area contributed by atoms with Crippen molar-refractivity contribution in [2.75, 3.05) is 5.32 Å². The zero-order valence-electron chi connectivity index (χ0n) is 9.02. The first-order valence-corrected chi connectivity index (χ1v) is 4.62. The first-order valence-electron chi connectivity index (χ1n) is 4.62. The lowest BCUT2D eigenvalue weighted by Crippen LogP contribution is -2.12. The molecule has 0 aliphatic rings. The van der Waals surface area contributed by atoms with E-state index in [0.29, 0.717) is 12.3 Å². The molecule has 0 unspecified atom stereocenters. The molecule has 0 aliphatic carbocycles. The molecular formula is C11H4F5N3. The molecule has 3 nitrogen and oxygen atoms in total. The van der Waals surface area contributed by atoms with E-state index in [-0.39, 0.29) is 6.07 Å². The van der Waals surface area contributed by atoms with Crippen molar-refractivity contribution in [2.45, 2.75) is 6.18 Å². The lowest BCUT2D eigenvalue weighted by molar-refractivity contribution is -0.139. The van der Waals surface area contributed by atoms with Gasteiger partial charge in [0.05, 0.1) is 5.69 Å². The van der Waals surface area contributed by atoms with Crippen molar-refractivity contribution in [3.8, 4) is 12.1 Å². The van der Waals surface area contributed by atoms with Crippen LogP contribution in [0.5, 0.6) is 0 Å². The number of nitrogens with zero attached hydrogens (tertiary/aromatic N) is 2. The highest BCUT2D eigenvalue weighted by Crippen LogP contribution is 2.37. The first-order chi connectivity index (χ1) is 8.79. The Morgan fingerprint density at radius 3 is 2.21 bits per heavy atom. The molecule has 0 radical (unpaired) electrons. The Morgan fingerprint density at radius 2 is 1.74 bits per heavy atom. The van der Waals surface area contributed by atoms with E-state index in [1.165, 1.54) is 12.1 Å². The highest BCUT2D eigenvalue weighted by Gasteiger charge is 2.37. The average molecular weight is 273 g/mol. The molecule has 0 amide bonds. The van der Waals surface area contributed by atoms with Crippen LogP contribution < -0.4 is 5.32 Å². The fourth-order valence-electron chi connectivity index (χ4n) is 1.22. The van der Waals surface area contributed by atoms with Crippen molar-refractivity contribution in [3.63, 3.8) is 0 Å². The number of anilines is 1. The topological polar surface area (TPSA) is 59.6 Å². The highest BCUT2D eigenvalue weighted by molar-refractivity contribution is 5.57. The van der Waals surface area contributed by atoms with Gasteiger partial charge in [-0.25, -0.2) is 8.78 Å². The summed E-state index contributed by atoms with van der Waals surface area (Å²) in [6.45, 7) is 0. The summed E-state index contributed by atoms with van der Waals surface area (Å²) in [7, 11) is 0. The van der Waals surface area contributed by atoms with Crippen LogP contribution in [0.15, 0.2) is 23.9 Å². The monoisotopic (exact) mass is 273 g/mol. The summed E-state index contributed by atoms with van der Waals surface area (Å²) in [6.07, 6.45) is -4.42. The van der Waals surface area contributed by atoms with Gasteiger partial charge in [0.2, 0.25) is 0 Å². The summed E-state index contributed by atoms with van der Waals surface area (Å²) < 4.78 is 63.8. The van der Waals surface area contributed by atoms with Gasteiger partial charge in [0, 0.05) is 12.3 Å². The van der Waals surface area contributed by atoms with Gasteiger partial charge in [0.25, 0.3) is 0 Å².